The third-order valence-corrected chi connectivity index (χ3v) is 4.22. The Morgan fingerprint density at radius 1 is 1.15 bits per heavy atom. The third kappa shape index (κ3) is 4.11. The molecular formula is C21H23N3O2. The van der Waals surface area contributed by atoms with Crippen molar-refractivity contribution < 1.29 is 9.53 Å². The summed E-state index contributed by atoms with van der Waals surface area (Å²) in [4.78, 5) is 15.2. The van der Waals surface area contributed by atoms with Crippen molar-refractivity contribution in [1.82, 2.24) is 14.9 Å². The number of benzene rings is 2. The lowest BCUT2D eigenvalue weighted by Crippen LogP contribution is -2.18. The van der Waals surface area contributed by atoms with Crippen molar-refractivity contribution in [3.8, 4) is 5.75 Å². The first-order valence-electron chi connectivity index (χ1n) is 8.76. The van der Waals surface area contributed by atoms with Gasteiger partial charge in [0.25, 0.3) is 0 Å². The number of imidazole rings is 1. The van der Waals surface area contributed by atoms with Crippen LogP contribution in [0.5, 0.6) is 5.75 Å². The fourth-order valence-corrected chi connectivity index (χ4v) is 3.02. The average Bonchev–Trinajstić information content (AvgIpc) is 3.01. The van der Waals surface area contributed by atoms with Gasteiger partial charge in [-0.25, -0.2) is 4.98 Å². The van der Waals surface area contributed by atoms with Crippen molar-refractivity contribution in [1.29, 1.82) is 0 Å². The number of nitrogens with one attached hydrogen (secondary N) is 1. The lowest BCUT2D eigenvalue weighted by molar-refractivity contribution is -0.109. The van der Waals surface area contributed by atoms with Crippen LogP contribution in [0.1, 0.15) is 11.4 Å². The molecule has 5 nitrogen and oxygen atoms in total. The first-order chi connectivity index (χ1) is 12.8. The van der Waals surface area contributed by atoms with Gasteiger partial charge in [-0.1, -0.05) is 36.4 Å². The number of hydrogen-bond donors (Lipinski definition) is 1. The van der Waals surface area contributed by atoms with Gasteiger partial charge in [0, 0.05) is 13.0 Å². The topological polar surface area (TPSA) is 56.1 Å². The van der Waals surface area contributed by atoms with E-state index in [4.69, 9.17) is 9.72 Å². The molecule has 0 atom stereocenters. The van der Waals surface area contributed by atoms with Gasteiger partial charge in [0.2, 0.25) is 6.41 Å². The summed E-state index contributed by atoms with van der Waals surface area (Å²) in [5.41, 5.74) is 3.17. The Labute approximate surface area is 153 Å². The van der Waals surface area contributed by atoms with Crippen molar-refractivity contribution in [2.75, 3.05) is 13.2 Å². The molecule has 5 heteroatoms. The van der Waals surface area contributed by atoms with Crippen molar-refractivity contribution in [2.24, 2.45) is 0 Å². The Bertz CT molecular complexity index is 886. The number of carbonyl (C=O) groups excluding carboxylic acids is 1. The molecular weight excluding hydrogens is 326 g/mol. The molecule has 0 aliphatic carbocycles. The highest BCUT2D eigenvalue weighted by Crippen LogP contribution is 2.20. The molecule has 26 heavy (non-hydrogen) atoms. The second kappa shape index (κ2) is 8.85. The van der Waals surface area contributed by atoms with Gasteiger partial charge in [-0.3, -0.25) is 4.79 Å². The monoisotopic (exact) mass is 349 g/mol. The van der Waals surface area contributed by atoms with Gasteiger partial charge in [0.1, 0.15) is 18.2 Å². The van der Waals surface area contributed by atoms with Gasteiger partial charge in [0.05, 0.1) is 17.6 Å². The number of ether oxygens (including phenoxy) is 1. The Morgan fingerprint density at radius 2 is 1.96 bits per heavy atom. The van der Waals surface area contributed by atoms with Crippen LogP contribution >= 0.6 is 0 Å². The molecule has 0 spiro atoms. The summed E-state index contributed by atoms with van der Waals surface area (Å²) in [6.45, 7) is 5.60. The molecule has 2 aromatic carbocycles. The van der Waals surface area contributed by atoms with Crippen LogP contribution in [-0.4, -0.2) is 29.1 Å². The normalized spacial score (nSPS) is 10.6. The van der Waals surface area contributed by atoms with E-state index in [2.05, 4.69) is 28.6 Å². The fourth-order valence-electron chi connectivity index (χ4n) is 3.02. The Hall–Kier alpha value is -3.08. The zero-order valence-electron chi connectivity index (χ0n) is 14.7. The number of carbonyl (C=O) groups is 1. The summed E-state index contributed by atoms with van der Waals surface area (Å²) in [6.07, 6.45) is 4.06. The predicted molar refractivity (Wildman–Crippen MR) is 103 cm³/mol. The van der Waals surface area contributed by atoms with E-state index in [0.717, 1.165) is 34.6 Å². The van der Waals surface area contributed by atoms with E-state index in [-0.39, 0.29) is 0 Å². The van der Waals surface area contributed by atoms with E-state index < -0.39 is 0 Å². The second-order valence-electron chi connectivity index (χ2n) is 5.94. The van der Waals surface area contributed by atoms with Crippen molar-refractivity contribution in [3.05, 3.63) is 72.6 Å². The minimum Gasteiger partial charge on any atom is -0.491 e. The summed E-state index contributed by atoms with van der Waals surface area (Å²) in [6, 6.07) is 16.1. The predicted octanol–water partition coefficient (Wildman–Crippen LogP) is 3.13. The summed E-state index contributed by atoms with van der Waals surface area (Å²) in [5, 5.41) is 2.70. The standard InChI is InChI=1S/C21H23N3O2/c1-2-7-17-8-3-6-11-20(17)26-15-14-24-19-10-5-4-9-18(19)23-21(24)12-13-22-16-25/h2-6,8-11,16H,1,7,12-15H2,(H,22,25). The number of hydrogen-bond acceptors (Lipinski definition) is 3. The maximum absolute atomic E-state index is 10.5. The second-order valence-corrected chi connectivity index (χ2v) is 5.94. The van der Waals surface area contributed by atoms with E-state index >= 15 is 0 Å². The van der Waals surface area contributed by atoms with Crippen LogP contribution in [0.4, 0.5) is 0 Å². The summed E-state index contributed by atoms with van der Waals surface area (Å²) in [7, 11) is 0. The van der Waals surface area contributed by atoms with Gasteiger partial charge in [-0.15, -0.1) is 6.58 Å². The molecule has 0 aliphatic heterocycles. The Kier molecular flexibility index (Phi) is 6.04. The van der Waals surface area contributed by atoms with Gasteiger partial charge >= 0.3 is 0 Å². The maximum Gasteiger partial charge on any atom is 0.207 e. The molecule has 0 fully saturated rings. The molecule has 1 aromatic heterocycles. The van der Waals surface area contributed by atoms with Gasteiger partial charge in [-0.05, 0) is 30.2 Å². The minimum atomic E-state index is 0.544. The lowest BCUT2D eigenvalue weighted by atomic mass is 10.1. The van der Waals surface area contributed by atoms with E-state index in [1.54, 1.807) is 0 Å². The Balaban J connectivity index is 1.74. The molecule has 0 unspecified atom stereocenters. The molecule has 0 saturated heterocycles. The summed E-state index contributed by atoms with van der Waals surface area (Å²) < 4.78 is 8.19. The van der Waals surface area contributed by atoms with Crippen LogP contribution in [-0.2, 0) is 24.2 Å². The minimum absolute atomic E-state index is 0.544. The number of fused-ring (bicyclic) bond motifs is 1. The van der Waals surface area contributed by atoms with E-state index in [1.807, 2.05) is 42.5 Å². The smallest absolute Gasteiger partial charge is 0.207 e. The first kappa shape index (κ1) is 17.7. The molecule has 3 aromatic rings. The molecule has 134 valence electrons. The molecule has 0 aliphatic rings. The molecule has 0 saturated carbocycles. The molecule has 1 heterocycles. The van der Waals surface area contributed by atoms with Crippen molar-refractivity contribution >= 4 is 17.4 Å². The van der Waals surface area contributed by atoms with Crippen LogP contribution in [0.25, 0.3) is 11.0 Å². The molecule has 0 bridgehead atoms. The number of para-hydroxylation sites is 3. The van der Waals surface area contributed by atoms with Gasteiger partial charge in [0.15, 0.2) is 0 Å². The highest BCUT2D eigenvalue weighted by atomic mass is 16.5. The van der Waals surface area contributed by atoms with Crippen molar-refractivity contribution in [3.63, 3.8) is 0 Å². The summed E-state index contributed by atoms with van der Waals surface area (Å²) >= 11 is 0. The SMILES string of the molecule is C=CCc1ccccc1OCCn1c(CCNC=O)nc2ccccc21. The average molecular weight is 349 g/mol. The molecule has 1 N–H and O–H groups in total. The fraction of sp³-hybridized carbons (Fsp3) is 0.238. The van der Waals surface area contributed by atoms with Crippen molar-refractivity contribution in [2.45, 2.75) is 19.4 Å². The molecule has 0 radical (unpaired) electrons. The van der Waals surface area contributed by atoms with Crippen LogP contribution in [0.2, 0.25) is 0 Å². The quantitative estimate of drug-likeness (QED) is 0.348. The van der Waals surface area contributed by atoms with E-state index in [0.29, 0.717) is 32.5 Å². The number of allylic oxidation sites excluding steroid dienone is 1. The molecule has 3 rings (SSSR count). The Morgan fingerprint density at radius 3 is 2.81 bits per heavy atom. The third-order valence-electron chi connectivity index (χ3n) is 4.22. The van der Waals surface area contributed by atoms with Gasteiger partial charge in [-0.2, -0.15) is 0 Å². The number of aromatic nitrogens is 2. The van der Waals surface area contributed by atoms with Crippen LogP contribution in [0, 0.1) is 0 Å². The van der Waals surface area contributed by atoms with E-state index in [9.17, 15) is 4.79 Å². The van der Waals surface area contributed by atoms with Crippen LogP contribution < -0.4 is 10.1 Å². The molecule has 1 amide bonds. The zero-order chi connectivity index (χ0) is 18.2. The number of rotatable bonds is 10. The van der Waals surface area contributed by atoms with Gasteiger partial charge < -0.3 is 14.6 Å². The van der Waals surface area contributed by atoms with E-state index in [1.165, 1.54) is 0 Å². The number of nitrogens with zero attached hydrogens (tertiary/aromatic N) is 2. The zero-order valence-corrected chi connectivity index (χ0v) is 14.7. The first-order valence-corrected chi connectivity index (χ1v) is 8.76. The van der Waals surface area contributed by atoms with Crippen LogP contribution in [0.15, 0.2) is 61.2 Å². The number of amides is 1. The largest absolute Gasteiger partial charge is 0.491 e. The summed E-state index contributed by atoms with van der Waals surface area (Å²) in [5.74, 6) is 1.84. The highest BCUT2D eigenvalue weighted by molar-refractivity contribution is 5.75. The highest BCUT2D eigenvalue weighted by Gasteiger charge is 2.10. The lowest BCUT2D eigenvalue weighted by Gasteiger charge is -2.13. The maximum atomic E-state index is 10.5. The van der Waals surface area contributed by atoms with Crippen LogP contribution in [0.3, 0.4) is 0 Å².